The van der Waals surface area contributed by atoms with E-state index in [1.165, 1.54) is 37.2 Å². The van der Waals surface area contributed by atoms with Crippen LogP contribution in [0.3, 0.4) is 0 Å². The fraction of sp³-hybridized carbons (Fsp3) is 0.333. The van der Waals surface area contributed by atoms with Gasteiger partial charge in [-0.25, -0.2) is 4.39 Å². The van der Waals surface area contributed by atoms with Gasteiger partial charge in [-0.05, 0) is 67.7 Å². The smallest absolute Gasteiger partial charge is 0.200 e. The Labute approximate surface area is 160 Å². The maximum atomic E-state index is 14.0. The minimum absolute atomic E-state index is 0.0597. The van der Waals surface area contributed by atoms with Crippen LogP contribution in [-0.2, 0) is 6.42 Å². The minimum atomic E-state index is -0.915. The Balaban J connectivity index is 1.55. The molecule has 0 aliphatic heterocycles. The van der Waals surface area contributed by atoms with Crippen LogP contribution in [-0.4, -0.2) is 7.11 Å². The molecule has 1 aliphatic rings. The topological polar surface area (TPSA) is 9.23 Å². The van der Waals surface area contributed by atoms with Crippen molar-refractivity contribution in [3.8, 4) is 5.75 Å². The third kappa shape index (κ3) is 4.85. The summed E-state index contributed by atoms with van der Waals surface area (Å²) in [6.07, 6.45) is 11.0. The highest BCUT2D eigenvalue weighted by Gasteiger charge is 2.14. The third-order valence-corrected chi connectivity index (χ3v) is 5.28. The molecule has 1 unspecified atom stereocenters. The molecule has 0 saturated heterocycles. The van der Waals surface area contributed by atoms with Gasteiger partial charge in [0.25, 0.3) is 0 Å². The van der Waals surface area contributed by atoms with E-state index in [0.29, 0.717) is 24.3 Å². The zero-order valence-electron chi connectivity index (χ0n) is 16.0. The summed E-state index contributed by atoms with van der Waals surface area (Å²) in [5.74, 6) is -1.17. The molecule has 0 amide bonds. The molecule has 1 aliphatic carbocycles. The summed E-state index contributed by atoms with van der Waals surface area (Å²) < 4.78 is 32.5. The van der Waals surface area contributed by atoms with E-state index in [4.69, 9.17) is 4.74 Å². The van der Waals surface area contributed by atoms with Crippen molar-refractivity contribution in [1.82, 2.24) is 0 Å². The minimum Gasteiger partial charge on any atom is -0.494 e. The molecule has 2 aromatic carbocycles. The Morgan fingerprint density at radius 2 is 1.85 bits per heavy atom. The molecule has 0 aromatic heterocycles. The monoisotopic (exact) mass is 368 g/mol. The molecule has 0 spiro atoms. The van der Waals surface area contributed by atoms with Crippen molar-refractivity contribution in [3.63, 3.8) is 0 Å². The molecule has 0 heterocycles. The second kappa shape index (κ2) is 8.98. The highest BCUT2D eigenvalue weighted by atomic mass is 19.2. The van der Waals surface area contributed by atoms with Gasteiger partial charge in [-0.15, -0.1) is 0 Å². The molecule has 0 radical (unpaired) electrons. The summed E-state index contributed by atoms with van der Waals surface area (Å²) in [6.45, 7) is 2.20. The van der Waals surface area contributed by atoms with Crippen molar-refractivity contribution in [2.45, 2.75) is 44.9 Å². The van der Waals surface area contributed by atoms with Crippen LogP contribution >= 0.6 is 0 Å². The predicted molar refractivity (Wildman–Crippen MR) is 107 cm³/mol. The first kappa shape index (κ1) is 19.3. The van der Waals surface area contributed by atoms with Crippen molar-refractivity contribution < 1.29 is 13.5 Å². The number of halogens is 2. The second-order valence-corrected chi connectivity index (χ2v) is 7.18. The standard InChI is InChI=1S/C24H26F2O/c1-17-7-11-19(12-8-17)20-13-9-18(10-14-20)5-3-4-6-21-15-16-22(27-2)24(26)23(21)25/h3,5,7,9-10,13-16,19H,4,6,8,11-12H2,1-2H3/b5-3+. The number of methoxy groups -OCH3 is 1. The number of allylic oxidation sites excluding steroid dienone is 3. The maximum absolute atomic E-state index is 14.0. The number of rotatable bonds is 6. The Morgan fingerprint density at radius 1 is 1.07 bits per heavy atom. The van der Waals surface area contributed by atoms with E-state index in [9.17, 15) is 8.78 Å². The molecule has 1 atom stereocenters. The fourth-order valence-corrected chi connectivity index (χ4v) is 3.53. The van der Waals surface area contributed by atoms with Gasteiger partial charge < -0.3 is 4.74 Å². The highest BCUT2D eigenvalue weighted by molar-refractivity contribution is 5.50. The highest BCUT2D eigenvalue weighted by Crippen LogP contribution is 2.32. The molecule has 2 aromatic rings. The Morgan fingerprint density at radius 3 is 2.52 bits per heavy atom. The molecular formula is C24H26F2O. The summed E-state index contributed by atoms with van der Waals surface area (Å²) in [5, 5.41) is 0. The van der Waals surface area contributed by atoms with Gasteiger partial charge in [0, 0.05) is 0 Å². The largest absolute Gasteiger partial charge is 0.494 e. The fourth-order valence-electron chi connectivity index (χ4n) is 3.53. The van der Waals surface area contributed by atoms with Gasteiger partial charge >= 0.3 is 0 Å². The number of aryl methyl sites for hydroxylation is 1. The average Bonchev–Trinajstić information content (AvgIpc) is 2.69. The molecule has 0 saturated carbocycles. The van der Waals surface area contributed by atoms with Crippen molar-refractivity contribution in [2.24, 2.45) is 0 Å². The summed E-state index contributed by atoms with van der Waals surface area (Å²) in [5.41, 5.74) is 4.39. The Hall–Kier alpha value is -2.42. The number of ether oxygens (including phenoxy) is 1. The molecule has 0 fully saturated rings. The molecule has 0 N–H and O–H groups in total. The quantitative estimate of drug-likeness (QED) is 0.508. The molecular weight excluding hydrogens is 342 g/mol. The van der Waals surface area contributed by atoms with E-state index in [-0.39, 0.29) is 5.75 Å². The van der Waals surface area contributed by atoms with Crippen LogP contribution in [0.15, 0.2) is 54.1 Å². The first-order valence-corrected chi connectivity index (χ1v) is 9.51. The van der Waals surface area contributed by atoms with Crippen molar-refractivity contribution in [3.05, 3.63) is 82.4 Å². The zero-order chi connectivity index (χ0) is 19.2. The van der Waals surface area contributed by atoms with Gasteiger partial charge in [-0.3, -0.25) is 0 Å². The summed E-state index contributed by atoms with van der Waals surface area (Å²) in [7, 11) is 1.33. The normalized spacial score (nSPS) is 17.2. The Bertz CT molecular complexity index is 834. The van der Waals surface area contributed by atoms with Gasteiger partial charge in [0.2, 0.25) is 5.82 Å². The van der Waals surface area contributed by atoms with Gasteiger partial charge in [0.15, 0.2) is 11.6 Å². The lowest BCUT2D eigenvalue weighted by molar-refractivity contribution is 0.370. The van der Waals surface area contributed by atoms with Crippen LogP contribution in [0.4, 0.5) is 8.78 Å². The SMILES string of the molecule is COc1ccc(CC/C=C/c2ccc(C3CC=C(C)CC3)cc2)c(F)c1F. The average molecular weight is 368 g/mol. The van der Waals surface area contributed by atoms with E-state index in [1.807, 2.05) is 12.2 Å². The van der Waals surface area contributed by atoms with Crippen LogP contribution in [0.2, 0.25) is 0 Å². The van der Waals surface area contributed by atoms with Crippen LogP contribution in [0.1, 0.15) is 55.2 Å². The van der Waals surface area contributed by atoms with Crippen LogP contribution in [0.25, 0.3) is 6.08 Å². The van der Waals surface area contributed by atoms with Gasteiger partial charge in [0.1, 0.15) is 0 Å². The lowest BCUT2D eigenvalue weighted by Gasteiger charge is -2.20. The summed E-state index contributed by atoms with van der Waals surface area (Å²) in [4.78, 5) is 0. The second-order valence-electron chi connectivity index (χ2n) is 7.18. The van der Waals surface area contributed by atoms with Crippen molar-refractivity contribution >= 4 is 6.08 Å². The summed E-state index contributed by atoms with van der Waals surface area (Å²) in [6, 6.07) is 11.7. The van der Waals surface area contributed by atoms with E-state index in [1.54, 1.807) is 6.07 Å². The first-order chi connectivity index (χ1) is 13.1. The molecule has 3 rings (SSSR count). The lowest BCUT2D eigenvalue weighted by Crippen LogP contribution is -2.02. The van der Waals surface area contributed by atoms with E-state index in [0.717, 1.165) is 12.0 Å². The van der Waals surface area contributed by atoms with Crippen LogP contribution in [0, 0.1) is 11.6 Å². The van der Waals surface area contributed by atoms with Gasteiger partial charge in [-0.2, -0.15) is 4.39 Å². The number of benzene rings is 2. The molecule has 1 nitrogen and oxygen atoms in total. The summed E-state index contributed by atoms with van der Waals surface area (Å²) >= 11 is 0. The molecule has 0 bridgehead atoms. The van der Waals surface area contributed by atoms with Crippen LogP contribution in [0.5, 0.6) is 5.75 Å². The molecule has 3 heteroatoms. The van der Waals surface area contributed by atoms with E-state index in [2.05, 4.69) is 37.3 Å². The van der Waals surface area contributed by atoms with Crippen LogP contribution < -0.4 is 4.74 Å². The lowest BCUT2D eigenvalue weighted by atomic mass is 9.85. The third-order valence-electron chi connectivity index (χ3n) is 5.28. The maximum Gasteiger partial charge on any atom is 0.200 e. The Kier molecular flexibility index (Phi) is 6.44. The first-order valence-electron chi connectivity index (χ1n) is 9.51. The molecule has 142 valence electrons. The van der Waals surface area contributed by atoms with Gasteiger partial charge in [0.05, 0.1) is 7.11 Å². The zero-order valence-corrected chi connectivity index (χ0v) is 16.0. The van der Waals surface area contributed by atoms with Gasteiger partial charge in [-0.1, -0.05) is 54.1 Å². The van der Waals surface area contributed by atoms with Crippen molar-refractivity contribution in [1.29, 1.82) is 0 Å². The number of hydrogen-bond donors (Lipinski definition) is 0. The number of hydrogen-bond acceptors (Lipinski definition) is 1. The predicted octanol–water partition coefficient (Wildman–Crippen LogP) is 6.83. The van der Waals surface area contributed by atoms with E-state index >= 15 is 0 Å². The van der Waals surface area contributed by atoms with Crippen molar-refractivity contribution in [2.75, 3.05) is 7.11 Å². The van der Waals surface area contributed by atoms with E-state index < -0.39 is 11.6 Å². The molecule has 27 heavy (non-hydrogen) atoms.